The number of hydrogen-bond acceptors (Lipinski definition) is 5. The Labute approximate surface area is 220 Å². The van der Waals surface area contributed by atoms with E-state index >= 15 is 4.39 Å². The molecule has 2 N–H and O–H groups in total. The second-order valence-corrected chi connectivity index (χ2v) is 10.1. The van der Waals surface area contributed by atoms with Crippen LogP contribution in [0.4, 0.5) is 15.8 Å². The van der Waals surface area contributed by atoms with Gasteiger partial charge in [0.2, 0.25) is 5.91 Å². The first kappa shape index (κ1) is 30.1. The molecule has 0 aromatic heterocycles. The van der Waals surface area contributed by atoms with E-state index in [2.05, 4.69) is 33.0 Å². The maximum atomic E-state index is 15.8. The Kier molecular flexibility index (Phi) is 11.9. The molecule has 0 aliphatic carbocycles. The fourth-order valence-corrected chi connectivity index (χ4v) is 4.35. The van der Waals surface area contributed by atoms with Crippen LogP contribution in [0.1, 0.15) is 58.1 Å². The van der Waals surface area contributed by atoms with E-state index in [0.29, 0.717) is 36.6 Å². The van der Waals surface area contributed by atoms with Crippen LogP contribution in [0.2, 0.25) is 0 Å². The van der Waals surface area contributed by atoms with Crippen LogP contribution in [0, 0.1) is 17.7 Å². The summed E-state index contributed by atoms with van der Waals surface area (Å²) in [5.41, 5.74) is 1.91. The van der Waals surface area contributed by atoms with Gasteiger partial charge in [-0.05, 0) is 54.2 Å². The average Bonchev–Trinajstić information content (AvgIpc) is 2.78. The number of anilines is 2. The van der Waals surface area contributed by atoms with E-state index in [1.807, 2.05) is 36.1 Å². The van der Waals surface area contributed by atoms with E-state index in [4.69, 9.17) is 9.47 Å². The third kappa shape index (κ3) is 9.69. The summed E-state index contributed by atoms with van der Waals surface area (Å²) in [4.78, 5) is 26.5. The molecule has 0 aliphatic rings. The largest absolute Gasteiger partial charge is 0.494 e. The van der Waals surface area contributed by atoms with Crippen LogP contribution in [0.15, 0.2) is 36.4 Å². The number of carboxylic acid groups (broad SMARTS) is 1. The van der Waals surface area contributed by atoms with Crippen molar-refractivity contribution in [2.75, 3.05) is 43.6 Å². The fourth-order valence-electron chi connectivity index (χ4n) is 4.35. The molecule has 1 unspecified atom stereocenters. The van der Waals surface area contributed by atoms with E-state index < -0.39 is 17.7 Å². The van der Waals surface area contributed by atoms with Gasteiger partial charge >= 0.3 is 5.97 Å². The zero-order chi connectivity index (χ0) is 27.5. The lowest BCUT2D eigenvalue weighted by molar-refractivity contribution is -0.137. The van der Waals surface area contributed by atoms with Gasteiger partial charge in [0, 0.05) is 26.1 Å². The highest BCUT2D eigenvalue weighted by Crippen LogP contribution is 2.35. The van der Waals surface area contributed by atoms with Gasteiger partial charge in [0.1, 0.15) is 11.6 Å². The van der Waals surface area contributed by atoms with E-state index in [1.54, 1.807) is 6.07 Å². The third-order valence-electron chi connectivity index (χ3n) is 5.71. The number of carboxylic acids is 1. The number of methoxy groups -OCH3 is 1. The average molecular weight is 517 g/mol. The molecule has 8 heteroatoms. The van der Waals surface area contributed by atoms with E-state index in [-0.39, 0.29) is 37.2 Å². The normalized spacial score (nSPS) is 12.0. The van der Waals surface area contributed by atoms with Crippen LogP contribution in [0.3, 0.4) is 0 Å². The second kappa shape index (κ2) is 14.6. The molecule has 2 aromatic carbocycles. The van der Waals surface area contributed by atoms with Crippen LogP contribution in [0.25, 0.3) is 0 Å². The molecule has 2 rings (SSSR count). The maximum absolute atomic E-state index is 15.8. The molecule has 0 saturated heterocycles. The Morgan fingerprint density at radius 1 is 1.05 bits per heavy atom. The Morgan fingerprint density at radius 2 is 1.68 bits per heavy atom. The molecular weight excluding hydrogens is 475 g/mol. The van der Waals surface area contributed by atoms with Gasteiger partial charge in [0.05, 0.1) is 37.4 Å². The Balaban J connectivity index is 2.48. The van der Waals surface area contributed by atoms with Crippen molar-refractivity contribution in [3.8, 4) is 5.75 Å². The number of halogens is 1. The molecule has 0 fully saturated rings. The predicted molar refractivity (Wildman–Crippen MR) is 145 cm³/mol. The van der Waals surface area contributed by atoms with Crippen molar-refractivity contribution in [1.82, 2.24) is 0 Å². The first-order chi connectivity index (χ1) is 17.5. The van der Waals surface area contributed by atoms with Crippen LogP contribution in [0.5, 0.6) is 5.75 Å². The highest BCUT2D eigenvalue weighted by atomic mass is 19.1. The molecular formula is C29H41FN2O5. The van der Waals surface area contributed by atoms with Crippen LogP contribution in [-0.2, 0) is 20.7 Å². The number of nitrogens with one attached hydrogen (secondary N) is 1. The number of carbonyl (C=O) groups excluding carboxylic acids is 1. The number of ether oxygens (including phenoxy) is 2. The predicted octanol–water partition coefficient (Wildman–Crippen LogP) is 5.73. The highest BCUT2D eigenvalue weighted by Gasteiger charge is 2.24. The van der Waals surface area contributed by atoms with Gasteiger partial charge in [-0.3, -0.25) is 9.59 Å². The van der Waals surface area contributed by atoms with Gasteiger partial charge in [-0.2, -0.15) is 0 Å². The standard InChI is InChI=1S/C29H41FN2O5/c1-7-37-24-10-8-21(9-11-24)12-27(33)31-26-14-22(23(18-36-6)15-28(34)35)13-25(30)29(26)32(16-19(2)3)17-20(4)5/h8-11,13-14,19-20,23H,7,12,15-18H2,1-6H3,(H,31,33)(H,34,35). The Bertz CT molecular complexity index is 1010. The molecule has 2 aromatic rings. The number of hydrogen-bond donors (Lipinski definition) is 2. The molecule has 0 spiro atoms. The summed E-state index contributed by atoms with van der Waals surface area (Å²) in [6.07, 6.45) is -0.115. The first-order valence-electron chi connectivity index (χ1n) is 12.8. The van der Waals surface area contributed by atoms with Gasteiger partial charge in [0.25, 0.3) is 0 Å². The zero-order valence-corrected chi connectivity index (χ0v) is 22.8. The minimum atomic E-state index is -1.01. The van der Waals surface area contributed by atoms with Crippen molar-refractivity contribution in [3.05, 3.63) is 53.3 Å². The number of aliphatic carboxylic acids is 1. The lowest BCUT2D eigenvalue weighted by Crippen LogP contribution is -2.33. The summed E-state index contributed by atoms with van der Waals surface area (Å²) in [7, 11) is 1.48. The minimum absolute atomic E-state index is 0.0999. The van der Waals surface area contributed by atoms with Crippen molar-refractivity contribution in [2.24, 2.45) is 11.8 Å². The Morgan fingerprint density at radius 3 is 2.19 bits per heavy atom. The zero-order valence-electron chi connectivity index (χ0n) is 22.8. The highest BCUT2D eigenvalue weighted by molar-refractivity contribution is 5.96. The van der Waals surface area contributed by atoms with E-state index in [0.717, 1.165) is 11.3 Å². The molecule has 0 aliphatic heterocycles. The number of amides is 1. The molecule has 0 heterocycles. The van der Waals surface area contributed by atoms with Gasteiger partial charge in [-0.15, -0.1) is 0 Å². The maximum Gasteiger partial charge on any atom is 0.304 e. The molecule has 37 heavy (non-hydrogen) atoms. The second-order valence-electron chi connectivity index (χ2n) is 10.1. The van der Waals surface area contributed by atoms with Crippen molar-refractivity contribution in [2.45, 2.75) is 53.4 Å². The number of rotatable bonds is 15. The summed E-state index contributed by atoms with van der Waals surface area (Å²) >= 11 is 0. The number of carbonyl (C=O) groups is 2. The number of benzene rings is 2. The summed E-state index contributed by atoms with van der Waals surface area (Å²) in [5, 5.41) is 12.3. The van der Waals surface area contributed by atoms with Crippen molar-refractivity contribution < 1.29 is 28.6 Å². The van der Waals surface area contributed by atoms with Crippen LogP contribution < -0.4 is 15.0 Å². The fraction of sp³-hybridized carbons (Fsp3) is 0.517. The molecule has 0 saturated carbocycles. The van der Waals surface area contributed by atoms with E-state index in [1.165, 1.54) is 13.2 Å². The van der Waals surface area contributed by atoms with Crippen LogP contribution in [-0.4, -0.2) is 50.4 Å². The topological polar surface area (TPSA) is 88.1 Å². The third-order valence-corrected chi connectivity index (χ3v) is 5.71. The molecule has 7 nitrogen and oxygen atoms in total. The number of nitrogens with zero attached hydrogens (tertiary/aromatic N) is 1. The molecule has 1 atom stereocenters. The molecule has 204 valence electrons. The van der Waals surface area contributed by atoms with Gasteiger partial charge in [0.15, 0.2) is 0 Å². The minimum Gasteiger partial charge on any atom is -0.494 e. The summed E-state index contributed by atoms with van der Waals surface area (Å²) < 4.78 is 26.5. The summed E-state index contributed by atoms with van der Waals surface area (Å²) in [5.74, 6) is -1.11. The van der Waals surface area contributed by atoms with E-state index in [9.17, 15) is 14.7 Å². The van der Waals surface area contributed by atoms with Crippen molar-refractivity contribution in [1.29, 1.82) is 0 Å². The van der Waals surface area contributed by atoms with Gasteiger partial charge in [-0.25, -0.2) is 4.39 Å². The molecule has 0 bridgehead atoms. The van der Waals surface area contributed by atoms with Crippen LogP contribution >= 0.6 is 0 Å². The first-order valence-corrected chi connectivity index (χ1v) is 12.8. The molecule has 0 radical (unpaired) electrons. The lowest BCUT2D eigenvalue weighted by atomic mass is 9.94. The van der Waals surface area contributed by atoms with Gasteiger partial charge in [-0.1, -0.05) is 39.8 Å². The summed E-state index contributed by atoms with van der Waals surface area (Å²) in [6, 6.07) is 10.3. The summed E-state index contributed by atoms with van der Waals surface area (Å²) in [6.45, 7) is 12.0. The monoisotopic (exact) mass is 516 g/mol. The quantitative estimate of drug-likeness (QED) is 0.314. The lowest BCUT2D eigenvalue weighted by Gasteiger charge is -2.31. The SMILES string of the molecule is CCOc1ccc(CC(=O)Nc2cc(C(COC)CC(=O)O)cc(F)c2N(CC(C)C)CC(C)C)cc1. The van der Waals surface area contributed by atoms with Crippen molar-refractivity contribution in [3.63, 3.8) is 0 Å². The van der Waals surface area contributed by atoms with Gasteiger partial charge < -0.3 is 24.8 Å². The smallest absolute Gasteiger partial charge is 0.304 e. The Hall–Kier alpha value is -3.13. The van der Waals surface area contributed by atoms with Crippen molar-refractivity contribution >= 4 is 23.3 Å². The molecule has 1 amide bonds.